The highest BCUT2D eigenvalue weighted by Crippen LogP contribution is 2.32. The van der Waals surface area contributed by atoms with Crippen molar-refractivity contribution in [2.45, 2.75) is 18.9 Å². The van der Waals surface area contributed by atoms with Crippen LogP contribution in [0.4, 0.5) is 10.9 Å². The summed E-state index contributed by atoms with van der Waals surface area (Å²) in [6, 6.07) is 0.340. The third-order valence-corrected chi connectivity index (χ3v) is 4.23. The van der Waals surface area contributed by atoms with E-state index in [0.29, 0.717) is 29.9 Å². The summed E-state index contributed by atoms with van der Waals surface area (Å²) >= 11 is 1.34. The molecule has 1 aliphatic rings. The average Bonchev–Trinajstić information content (AvgIpc) is 3.11. The van der Waals surface area contributed by atoms with E-state index in [1.165, 1.54) is 11.3 Å². The number of thiazole rings is 1. The molecule has 0 aromatic carbocycles. The van der Waals surface area contributed by atoms with Gasteiger partial charge in [0.2, 0.25) is 0 Å². The van der Waals surface area contributed by atoms with Gasteiger partial charge in [-0.2, -0.15) is 0 Å². The van der Waals surface area contributed by atoms with E-state index >= 15 is 0 Å². The molecule has 1 saturated carbocycles. The van der Waals surface area contributed by atoms with Crippen molar-refractivity contribution < 1.29 is 9.53 Å². The number of carbonyl (C=O) groups is 1. The average molecular weight is 284 g/mol. The lowest BCUT2D eigenvalue weighted by molar-refractivity contribution is 0.0685. The fraction of sp³-hybridized carbons (Fsp3) is 0.667. The lowest BCUT2D eigenvalue weighted by Crippen LogP contribution is -2.35. The van der Waals surface area contributed by atoms with Crippen LogP contribution in [0, 0.1) is 0 Å². The first-order valence-corrected chi connectivity index (χ1v) is 7.09. The normalized spacial score (nSPS) is 14.5. The summed E-state index contributed by atoms with van der Waals surface area (Å²) in [6.45, 7) is 1.15. The van der Waals surface area contributed by atoms with Crippen molar-refractivity contribution >= 4 is 28.2 Å². The Morgan fingerprint density at radius 3 is 2.68 bits per heavy atom. The van der Waals surface area contributed by atoms with Gasteiger partial charge in [0.05, 0.1) is 6.61 Å². The van der Waals surface area contributed by atoms with E-state index in [1.54, 1.807) is 7.11 Å². The summed E-state index contributed by atoms with van der Waals surface area (Å²) in [5, 5.41) is 0.753. The predicted molar refractivity (Wildman–Crippen MR) is 76.8 cm³/mol. The zero-order valence-corrected chi connectivity index (χ0v) is 12.4. The Bertz CT molecular complexity index is 457. The van der Waals surface area contributed by atoms with E-state index in [-0.39, 0.29) is 5.91 Å². The maximum atomic E-state index is 12.5. The van der Waals surface area contributed by atoms with E-state index in [4.69, 9.17) is 10.5 Å². The molecule has 106 valence electrons. The molecule has 0 aliphatic heterocycles. The predicted octanol–water partition coefficient (Wildman–Crippen LogP) is 1.04. The minimum atomic E-state index is -0.0253. The first-order valence-electron chi connectivity index (χ1n) is 6.28. The van der Waals surface area contributed by atoms with Gasteiger partial charge < -0.3 is 20.3 Å². The van der Waals surface area contributed by atoms with Crippen molar-refractivity contribution in [3.8, 4) is 0 Å². The molecule has 6 nitrogen and oxygen atoms in total. The van der Waals surface area contributed by atoms with Crippen LogP contribution >= 0.6 is 11.3 Å². The van der Waals surface area contributed by atoms with Gasteiger partial charge in [-0.3, -0.25) is 4.79 Å². The van der Waals surface area contributed by atoms with E-state index in [0.717, 1.165) is 18.0 Å². The van der Waals surface area contributed by atoms with Gasteiger partial charge in [0.15, 0.2) is 5.13 Å². The highest BCUT2D eigenvalue weighted by molar-refractivity contribution is 7.18. The number of ether oxygens (including phenoxy) is 1. The van der Waals surface area contributed by atoms with Gasteiger partial charge in [0.1, 0.15) is 10.7 Å². The Labute approximate surface area is 117 Å². The minimum Gasteiger partial charge on any atom is -0.383 e. The lowest BCUT2D eigenvalue weighted by atomic mass is 10.3. The molecular weight excluding hydrogens is 264 g/mol. The Balaban J connectivity index is 2.16. The number of nitrogens with two attached hydrogens (primary N) is 1. The number of nitrogen functional groups attached to an aromatic ring is 1. The number of methoxy groups -OCH3 is 1. The van der Waals surface area contributed by atoms with Gasteiger partial charge in [0.25, 0.3) is 5.91 Å². The van der Waals surface area contributed by atoms with E-state index in [1.807, 2.05) is 23.9 Å². The van der Waals surface area contributed by atoms with Gasteiger partial charge in [0, 0.05) is 33.8 Å². The molecule has 1 heterocycles. The standard InChI is InChI=1S/C12H20N4O2S/c1-15(2)12-14-10(13)9(19-12)11(17)16(6-7-18-3)8-4-5-8/h8H,4-7,13H2,1-3H3. The highest BCUT2D eigenvalue weighted by atomic mass is 32.1. The molecule has 1 fully saturated rings. The quantitative estimate of drug-likeness (QED) is 0.845. The van der Waals surface area contributed by atoms with E-state index in [2.05, 4.69) is 4.98 Å². The number of nitrogens with zero attached hydrogens (tertiary/aromatic N) is 3. The molecule has 1 aliphatic carbocycles. The summed E-state index contributed by atoms with van der Waals surface area (Å²) in [5.41, 5.74) is 5.86. The number of amides is 1. The fourth-order valence-electron chi connectivity index (χ4n) is 1.82. The van der Waals surface area contributed by atoms with Crippen LogP contribution in [0.1, 0.15) is 22.5 Å². The van der Waals surface area contributed by atoms with Gasteiger partial charge in [-0.15, -0.1) is 0 Å². The van der Waals surface area contributed by atoms with Gasteiger partial charge >= 0.3 is 0 Å². The monoisotopic (exact) mass is 284 g/mol. The minimum absolute atomic E-state index is 0.0253. The first-order chi connectivity index (χ1) is 9.04. The largest absolute Gasteiger partial charge is 0.383 e. The maximum absolute atomic E-state index is 12.5. The van der Waals surface area contributed by atoms with Crippen molar-refractivity contribution in [1.29, 1.82) is 0 Å². The summed E-state index contributed by atoms with van der Waals surface area (Å²) in [6.07, 6.45) is 2.13. The second kappa shape index (κ2) is 5.75. The van der Waals surface area contributed by atoms with Gasteiger partial charge in [-0.05, 0) is 12.8 Å². The topological polar surface area (TPSA) is 71.7 Å². The van der Waals surface area contributed by atoms with Crippen molar-refractivity contribution in [3.63, 3.8) is 0 Å². The second-order valence-corrected chi connectivity index (χ2v) is 5.81. The summed E-state index contributed by atoms with van der Waals surface area (Å²) in [5.74, 6) is 0.296. The van der Waals surface area contributed by atoms with Gasteiger partial charge in [-0.25, -0.2) is 4.98 Å². The fourth-order valence-corrected chi connectivity index (χ4v) is 2.68. The van der Waals surface area contributed by atoms with Crippen LogP contribution < -0.4 is 10.6 Å². The van der Waals surface area contributed by atoms with Crippen LogP contribution in [-0.4, -0.2) is 56.2 Å². The summed E-state index contributed by atoms with van der Waals surface area (Å²) < 4.78 is 5.06. The van der Waals surface area contributed by atoms with Crippen LogP contribution in [0.5, 0.6) is 0 Å². The van der Waals surface area contributed by atoms with Crippen molar-refractivity contribution in [3.05, 3.63) is 4.88 Å². The molecule has 1 amide bonds. The Morgan fingerprint density at radius 2 is 2.21 bits per heavy atom. The third-order valence-electron chi connectivity index (χ3n) is 3.00. The Kier molecular flexibility index (Phi) is 4.26. The number of hydrogen-bond donors (Lipinski definition) is 1. The molecule has 0 atom stereocenters. The van der Waals surface area contributed by atoms with Crippen molar-refractivity contribution in [2.75, 3.05) is 45.0 Å². The highest BCUT2D eigenvalue weighted by Gasteiger charge is 2.34. The van der Waals surface area contributed by atoms with Crippen LogP contribution in [0.2, 0.25) is 0 Å². The van der Waals surface area contributed by atoms with Crippen LogP contribution in [0.3, 0.4) is 0 Å². The Hall–Kier alpha value is -1.34. The molecule has 1 aromatic heterocycles. The Morgan fingerprint density at radius 1 is 1.53 bits per heavy atom. The third kappa shape index (κ3) is 3.16. The second-order valence-electron chi connectivity index (χ2n) is 4.83. The first kappa shape index (κ1) is 14.1. The molecule has 0 radical (unpaired) electrons. The zero-order valence-electron chi connectivity index (χ0n) is 11.5. The molecule has 0 bridgehead atoms. The number of aromatic nitrogens is 1. The number of carbonyl (C=O) groups excluding carboxylic acids is 1. The van der Waals surface area contributed by atoms with Crippen LogP contribution in [0.15, 0.2) is 0 Å². The molecule has 2 N–H and O–H groups in total. The zero-order chi connectivity index (χ0) is 14.0. The molecule has 2 rings (SSSR count). The van der Waals surface area contributed by atoms with Crippen molar-refractivity contribution in [1.82, 2.24) is 9.88 Å². The van der Waals surface area contributed by atoms with Crippen LogP contribution in [-0.2, 0) is 4.74 Å². The molecule has 7 heteroatoms. The summed E-state index contributed by atoms with van der Waals surface area (Å²) in [7, 11) is 5.41. The van der Waals surface area contributed by atoms with E-state index < -0.39 is 0 Å². The number of hydrogen-bond acceptors (Lipinski definition) is 6. The molecule has 1 aromatic rings. The lowest BCUT2D eigenvalue weighted by Gasteiger charge is -2.21. The SMILES string of the molecule is COCCN(C(=O)c1sc(N(C)C)nc1N)C1CC1. The molecular formula is C12H20N4O2S. The molecule has 19 heavy (non-hydrogen) atoms. The molecule has 0 saturated heterocycles. The smallest absolute Gasteiger partial charge is 0.268 e. The van der Waals surface area contributed by atoms with Crippen molar-refractivity contribution in [2.24, 2.45) is 0 Å². The molecule has 0 spiro atoms. The number of rotatable bonds is 6. The van der Waals surface area contributed by atoms with Crippen LogP contribution in [0.25, 0.3) is 0 Å². The van der Waals surface area contributed by atoms with E-state index in [9.17, 15) is 4.79 Å². The molecule has 0 unspecified atom stereocenters. The van der Waals surface area contributed by atoms with Gasteiger partial charge in [-0.1, -0.05) is 11.3 Å². The summed E-state index contributed by atoms with van der Waals surface area (Å²) in [4.78, 5) is 21.0. The maximum Gasteiger partial charge on any atom is 0.268 e. The number of anilines is 2.